The largest absolute Gasteiger partial charge is 0.325 e. The fourth-order valence-electron chi connectivity index (χ4n) is 0.111. The van der Waals surface area contributed by atoms with Crippen molar-refractivity contribution in [3.63, 3.8) is 0 Å². The third-order valence-electron chi connectivity index (χ3n) is 0.532. The molecule has 0 amide bonds. The van der Waals surface area contributed by atoms with Crippen molar-refractivity contribution < 1.29 is 4.39 Å². The lowest BCUT2D eigenvalue weighted by molar-refractivity contribution is 0.681. The second-order valence-electron chi connectivity index (χ2n) is 1.09. The third-order valence-corrected chi connectivity index (χ3v) is 0.532. The Morgan fingerprint density at radius 3 is 2.29 bits per heavy atom. The predicted molar refractivity (Wildman–Crippen MR) is 27.0 cm³/mol. The van der Waals surface area contributed by atoms with Crippen LogP contribution in [0.5, 0.6) is 0 Å². The van der Waals surface area contributed by atoms with E-state index in [0.717, 1.165) is 0 Å². The molecule has 0 radical (unpaired) electrons. The van der Waals surface area contributed by atoms with Crippen molar-refractivity contribution in [2.45, 2.75) is 0 Å². The molecular formula is C4H7FN2. The Labute approximate surface area is 41.3 Å². The summed E-state index contributed by atoms with van der Waals surface area (Å²) in [7, 11) is 0. The smallest absolute Gasteiger partial charge is 0.138 e. The molecule has 3 heteroatoms. The Morgan fingerprint density at radius 2 is 2.29 bits per heavy atom. The van der Waals surface area contributed by atoms with E-state index in [9.17, 15) is 4.39 Å². The zero-order valence-electron chi connectivity index (χ0n) is 3.87. The van der Waals surface area contributed by atoms with E-state index in [1.807, 2.05) is 0 Å². The van der Waals surface area contributed by atoms with Gasteiger partial charge < -0.3 is 11.1 Å². The molecule has 0 heterocycles. The van der Waals surface area contributed by atoms with E-state index in [-0.39, 0.29) is 12.3 Å². The van der Waals surface area contributed by atoms with Crippen LogP contribution in [0.15, 0.2) is 12.4 Å². The van der Waals surface area contributed by atoms with Crippen LogP contribution in [0.1, 0.15) is 0 Å². The minimum Gasteiger partial charge on any atom is -0.325 e. The molecule has 0 fully saturated rings. The first-order valence-electron chi connectivity index (χ1n) is 1.80. The Kier molecular flexibility index (Phi) is 2.22. The van der Waals surface area contributed by atoms with E-state index in [1.54, 1.807) is 0 Å². The van der Waals surface area contributed by atoms with Gasteiger partial charge in [-0.1, -0.05) is 6.58 Å². The van der Waals surface area contributed by atoms with Gasteiger partial charge in [0, 0.05) is 6.54 Å². The Hall–Kier alpha value is -0.700. The lowest BCUT2D eigenvalue weighted by atomic mass is 10.4. The van der Waals surface area contributed by atoms with Crippen molar-refractivity contribution in [2.75, 3.05) is 6.54 Å². The van der Waals surface area contributed by atoms with Gasteiger partial charge in [0.2, 0.25) is 0 Å². The number of hydrogen-bond donors (Lipinski definition) is 2. The van der Waals surface area contributed by atoms with Gasteiger partial charge in [-0.15, -0.1) is 0 Å². The van der Waals surface area contributed by atoms with Gasteiger partial charge in [0.05, 0.1) is 5.71 Å². The first-order valence-corrected chi connectivity index (χ1v) is 1.80. The molecule has 7 heavy (non-hydrogen) atoms. The van der Waals surface area contributed by atoms with Gasteiger partial charge in [0.15, 0.2) is 0 Å². The molecule has 0 aliphatic rings. The van der Waals surface area contributed by atoms with E-state index in [1.165, 1.54) is 0 Å². The summed E-state index contributed by atoms with van der Waals surface area (Å²) in [5, 5.41) is 6.59. The Balaban J connectivity index is 3.58. The summed E-state index contributed by atoms with van der Waals surface area (Å²) in [6.07, 6.45) is 0. The van der Waals surface area contributed by atoms with Crippen molar-refractivity contribution >= 4 is 5.71 Å². The molecule has 40 valence electrons. The van der Waals surface area contributed by atoms with Crippen molar-refractivity contribution in [1.29, 1.82) is 5.41 Å². The fraction of sp³-hybridized carbons (Fsp3) is 0.250. The molecule has 0 aliphatic heterocycles. The van der Waals surface area contributed by atoms with Crippen LogP contribution in [0, 0.1) is 5.41 Å². The Bertz CT molecular complexity index is 97.9. The highest BCUT2D eigenvalue weighted by Crippen LogP contribution is 1.89. The third kappa shape index (κ3) is 2.05. The van der Waals surface area contributed by atoms with Crippen molar-refractivity contribution in [2.24, 2.45) is 5.73 Å². The quantitative estimate of drug-likeness (QED) is 0.488. The van der Waals surface area contributed by atoms with Crippen LogP contribution in [0.3, 0.4) is 0 Å². The van der Waals surface area contributed by atoms with E-state index in [2.05, 4.69) is 6.58 Å². The van der Waals surface area contributed by atoms with E-state index < -0.39 is 5.83 Å². The highest BCUT2D eigenvalue weighted by molar-refractivity contribution is 5.96. The average molecular weight is 102 g/mol. The van der Waals surface area contributed by atoms with Crippen LogP contribution < -0.4 is 5.73 Å². The molecule has 0 bridgehead atoms. The highest BCUT2D eigenvalue weighted by atomic mass is 19.1. The van der Waals surface area contributed by atoms with Gasteiger partial charge in [-0.3, -0.25) is 0 Å². The molecule has 0 aromatic rings. The monoisotopic (exact) mass is 102 g/mol. The van der Waals surface area contributed by atoms with Crippen molar-refractivity contribution in [3.05, 3.63) is 12.4 Å². The normalized spacial score (nSPS) is 8.29. The van der Waals surface area contributed by atoms with Crippen molar-refractivity contribution in [3.8, 4) is 0 Å². The van der Waals surface area contributed by atoms with Gasteiger partial charge in [-0.2, -0.15) is 0 Å². The molecule has 0 unspecified atom stereocenters. The summed E-state index contributed by atoms with van der Waals surface area (Å²) in [6, 6.07) is 0. The summed E-state index contributed by atoms with van der Waals surface area (Å²) < 4.78 is 11.6. The summed E-state index contributed by atoms with van der Waals surface area (Å²) in [4.78, 5) is 0. The molecule has 0 aromatic carbocycles. The minimum atomic E-state index is -0.748. The minimum absolute atomic E-state index is 0.0741. The van der Waals surface area contributed by atoms with E-state index in [4.69, 9.17) is 11.1 Å². The fourth-order valence-corrected chi connectivity index (χ4v) is 0.111. The summed E-state index contributed by atoms with van der Waals surface area (Å²) in [5.74, 6) is -0.748. The molecule has 0 saturated carbocycles. The lowest BCUT2D eigenvalue weighted by Gasteiger charge is -1.88. The maximum atomic E-state index is 11.6. The van der Waals surface area contributed by atoms with Crippen molar-refractivity contribution in [1.82, 2.24) is 0 Å². The van der Waals surface area contributed by atoms with Crippen LogP contribution in [-0.2, 0) is 0 Å². The molecule has 0 saturated heterocycles. The molecule has 0 aliphatic carbocycles. The van der Waals surface area contributed by atoms with E-state index >= 15 is 0 Å². The molecule has 0 spiro atoms. The summed E-state index contributed by atoms with van der Waals surface area (Å²) >= 11 is 0. The summed E-state index contributed by atoms with van der Waals surface area (Å²) in [5.41, 5.74) is 4.61. The zero-order chi connectivity index (χ0) is 5.86. The standard InChI is InChI=1S/C4H7FN2/c1-3(5)4(7)2-6/h7H,1-2,6H2. The number of halogens is 1. The molecular weight excluding hydrogens is 95.1 g/mol. The molecule has 3 N–H and O–H groups in total. The predicted octanol–water partition coefficient (Wildman–Crippen LogP) is 0.448. The van der Waals surface area contributed by atoms with Crippen LogP contribution in [-0.4, -0.2) is 12.3 Å². The second-order valence-corrected chi connectivity index (χ2v) is 1.09. The molecule has 0 atom stereocenters. The molecule has 2 nitrogen and oxygen atoms in total. The number of nitrogens with one attached hydrogen (secondary N) is 1. The zero-order valence-corrected chi connectivity index (χ0v) is 3.87. The van der Waals surface area contributed by atoms with Gasteiger partial charge >= 0.3 is 0 Å². The topological polar surface area (TPSA) is 49.9 Å². The maximum Gasteiger partial charge on any atom is 0.138 e. The first kappa shape index (κ1) is 6.30. The first-order chi connectivity index (χ1) is 3.18. The van der Waals surface area contributed by atoms with Gasteiger partial charge in [-0.25, -0.2) is 4.39 Å². The number of hydrogen-bond acceptors (Lipinski definition) is 2. The maximum absolute atomic E-state index is 11.6. The van der Waals surface area contributed by atoms with Crippen LogP contribution in [0.4, 0.5) is 4.39 Å². The lowest BCUT2D eigenvalue weighted by Crippen LogP contribution is -2.11. The van der Waals surface area contributed by atoms with Gasteiger partial charge in [0.25, 0.3) is 0 Å². The SMILES string of the molecule is C=C(F)C(=N)CN. The van der Waals surface area contributed by atoms with Gasteiger partial charge in [-0.05, 0) is 0 Å². The summed E-state index contributed by atoms with van der Waals surface area (Å²) in [6.45, 7) is 2.78. The Morgan fingerprint density at radius 1 is 1.86 bits per heavy atom. The average Bonchev–Trinajstić information content (AvgIpc) is 1.65. The molecule has 0 rings (SSSR count). The van der Waals surface area contributed by atoms with Gasteiger partial charge in [0.1, 0.15) is 5.83 Å². The number of nitrogens with two attached hydrogens (primary N) is 1. The van der Waals surface area contributed by atoms with Crippen LogP contribution in [0.2, 0.25) is 0 Å². The number of rotatable bonds is 2. The van der Waals surface area contributed by atoms with Crippen LogP contribution in [0.25, 0.3) is 0 Å². The highest BCUT2D eigenvalue weighted by Gasteiger charge is 1.93. The molecule has 0 aromatic heterocycles. The second kappa shape index (κ2) is 2.47. The van der Waals surface area contributed by atoms with E-state index in [0.29, 0.717) is 0 Å². The van der Waals surface area contributed by atoms with Crippen LogP contribution >= 0.6 is 0 Å².